The van der Waals surface area contributed by atoms with E-state index < -0.39 is 28.0 Å². The molecule has 0 saturated carbocycles. The third kappa shape index (κ3) is 4.67. The normalized spacial score (nSPS) is 22.0. The van der Waals surface area contributed by atoms with Crippen molar-refractivity contribution in [1.29, 1.82) is 0 Å². The van der Waals surface area contributed by atoms with E-state index in [0.717, 1.165) is 0 Å². The van der Waals surface area contributed by atoms with E-state index >= 15 is 0 Å². The number of nitrogens with one attached hydrogen (secondary N) is 1. The first-order valence-electron chi connectivity index (χ1n) is 7.20. The molecule has 1 heterocycles. The highest BCUT2D eigenvalue weighted by atomic mass is 32.2. The first-order chi connectivity index (χ1) is 9.69. The zero-order valence-electron chi connectivity index (χ0n) is 12.7. The predicted octanol–water partition coefficient (Wildman–Crippen LogP) is 0.274. The van der Waals surface area contributed by atoms with E-state index in [1.165, 1.54) is 4.31 Å². The van der Waals surface area contributed by atoms with Crippen molar-refractivity contribution in [3.63, 3.8) is 0 Å². The van der Waals surface area contributed by atoms with Gasteiger partial charge in [0, 0.05) is 13.1 Å². The zero-order valence-corrected chi connectivity index (χ0v) is 13.5. The average molecular weight is 320 g/mol. The van der Waals surface area contributed by atoms with Crippen molar-refractivity contribution in [2.45, 2.75) is 39.7 Å². The standard InChI is InChI=1S/C13H24N2O5S/c1-4-21(19,20)15-7-5-6-10(8-15)12(16)14-11(9(2)3)13(17)18/h9-11H,4-8H2,1-3H3,(H,14,16)(H,17,18)/t10?,11-/m0/s1. The molecule has 7 nitrogen and oxygen atoms in total. The van der Waals surface area contributed by atoms with Crippen LogP contribution < -0.4 is 5.32 Å². The summed E-state index contributed by atoms with van der Waals surface area (Å²) < 4.78 is 25.0. The monoisotopic (exact) mass is 320 g/mol. The Bertz CT molecular complexity index is 489. The van der Waals surface area contributed by atoms with Gasteiger partial charge in [-0.2, -0.15) is 0 Å². The van der Waals surface area contributed by atoms with Crippen LogP contribution in [0.2, 0.25) is 0 Å². The van der Waals surface area contributed by atoms with Crippen molar-refractivity contribution in [3.05, 3.63) is 0 Å². The van der Waals surface area contributed by atoms with E-state index in [9.17, 15) is 18.0 Å². The summed E-state index contributed by atoms with van der Waals surface area (Å²) in [5.41, 5.74) is 0. The fraction of sp³-hybridized carbons (Fsp3) is 0.846. The minimum Gasteiger partial charge on any atom is -0.480 e. The van der Waals surface area contributed by atoms with Crippen LogP contribution in [-0.4, -0.2) is 54.6 Å². The summed E-state index contributed by atoms with van der Waals surface area (Å²) in [7, 11) is -3.31. The Morgan fingerprint density at radius 1 is 1.38 bits per heavy atom. The van der Waals surface area contributed by atoms with Gasteiger partial charge in [0.25, 0.3) is 0 Å². The first-order valence-corrected chi connectivity index (χ1v) is 8.81. The van der Waals surface area contributed by atoms with E-state index in [2.05, 4.69) is 5.32 Å². The number of carboxylic acid groups (broad SMARTS) is 1. The lowest BCUT2D eigenvalue weighted by atomic mass is 9.97. The van der Waals surface area contributed by atoms with Gasteiger partial charge in [-0.3, -0.25) is 4.79 Å². The molecule has 0 radical (unpaired) electrons. The van der Waals surface area contributed by atoms with E-state index in [0.29, 0.717) is 19.4 Å². The molecule has 0 aromatic rings. The van der Waals surface area contributed by atoms with Crippen LogP contribution in [0, 0.1) is 11.8 Å². The number of sulfonamides is 1. The molecule has 1 aliphatic rings. The molecular weight excluding hydrogens is 296 g/mol. The molecule has 1 amide bonds. The Hall–Kier alpha value is -1.15. The molecule has 0 aromatic heterocycles. The molecule has 1 unspecified atom stereocenters. The second kappa shape index (κ2) is 7.22. The lowest BCUT2D eigenvalue weighted by Gasteiger charge is -2.31. The molecule has 8 heteroatoms. The molecule has 0 bridgehead atoms. The van der Waals surface area contributed by atoms with Gasteiger partial charge in [-0.1, -0.05) is 13.8 Å². The topological polar surface area (TPSA) is 104 Å². The molecule has 1 aliphatic heterocycles. The molecule has 2 atom stereocenters. The maximum atomic E-state index is 12.2. The van der Waals surface area contributed by atoms with Crippen LogP contribution in [0.4, 0.5) is 0 Å². The second-order valence-corrected chi connectivity index (χ2v) is 7.92. The number of piperidine rings is 1. The number of nitrogens with zero attached hydrogens (tertiary/aromatic N) is 1. The molecule has 1 saturated heterocycles. The van der Waals surface area contributed by atoms with E-state index in [1.54, 1.807) is 20.8 Å². The summed E-state index contributed by atoms with van der Waals surface area (Å²) in [6.07, 6.45) is 1.18. The molecule has 0 spiro atoms. The predicted molar refractivity (Wildman–Crippen MR) is 78.2 cm³/mol. The second-order valence-electron chi connectivity index (χ2n) is 5.67. The van der Waals surface area contributed by atoms with Crippen LogP contribution in [0.3, 0.4) is 0 Å². The van der Waals surface area contributed by atoms with E-state index in [4.69, 9.17) is 5.11 Å². The maximum Gasteiger partial charge on any atom is 0.326 e. The number of hydrogen-bond acceptors (Lipinski definition) is 4. The Morgan fingerprint density at radius 2 is 2.00 bits per heavy atom. The smallest absolute Gasteiger partial charge is 0.326 e. The van der Waals surface area contributed by atoms with Crippen molar-refractivity contribution in [2.24, 2.45) is 11.8 Å². The molecule has 0 aliphatic carbocycles. The SMILES string of the molecule is CCS(=O)(=O)N1CCCC(C(=O)N[C@H](C(=O)O)C(C)C)C1. The molecule has 1 fully saturated rings. The molecule has 1 rings (SSSR count). The van der Waals surface area contributed by atoms with Crippen LogP contribution in [0.25, 0.3) is 0 Å². The van der Waals surface area contributed by atoms with Crippen molar-refractivity contribution in [1.82, 2.24) is 9.62 Å². The van der Waals surface area contributed by atoms with Crippen molar-refractivity contribution in [3.8, 4) is 0 Å². The number of carboxylic acids is 1. The van der Waals surface area contributed by atoms with Gasteiger partial charge in [-0.05, 0) is 25.7 Å². The first kappa shape index (κ1) is 17.9. The summed E-state index contributed by atoms with van der Waals surface area (Å²) in [6, 6.07) is -0.948. The number of carbonyl (C=O) groups is 2. The summed E-state index contributed by atoms with van der Waals surface area (Å²) in [5.74, 6) is -2.17. The van der Waals surface area contributed by atoms with E-state index in [-0.39, 0.29) is 24.1 Å². The summed E-state index contributed by atoms with van der Waals surface area (Å²) in [4.78, 5) is 23.3. The highest BCUT2D eigenvalue weighted by Gasteiger charge is 2.33. The van der Waals surface area contributed by atoms with Crippen molar-refractivity contribution in [2.75, 3.05) is 18.8 Å². The average Bonchev–Trinajstić information content (AvgIpc) is 2.43. The van der Waals surface area contributed by atoms with Crippen LogP contribution in [0.1, 0.15) is 33.6 Å². The fourth-order valence-corrected chi connectivity index (χ4v) is 3.56. The van der Waals surface area contributed by atoms with Crippen LogP contribution >= 0.6 is 0 Å². The Labute approximate surface area is 125 Å². The lowest BCUT2D eigenvalue weighted by Crippen LogP contribution is -2.51. The minimum atomic E-state index is -3.31. The number of amides is 1. The van der Waals surface area contributed by atoms with Gasteiger partial charge < -0.3 is 10.4 Å². The van der Waals surface area contributed by atoms with Crippen LogP contribution in [-0.2, 0) is 19.6 Å². The Kier molecular flexibility index (Phi) is 6.15. The van der Waals surface area contributed by atoms with Gasteiger partial charge in [-0.15, -0.1) is 0 Å². The maximum absolute atomic E-state index is 12.2. The highest BCUT2D eigenvalue weighted by Crippen LogP contribution is 2.20. The van der Waals surface area contributed by atoms with Gasteiger partial charge in [0.1, 0.15) is 6.04 Å². The molecule has 21 heavy (non-hydrogen) atoms. The molecule has 0 aromatic carbocycles. The van der Waals surface area contributed by atoms with Crippen molar-refractivity contribution < 1.29 is 23.1 Å². The van der Waals surface area contributed by atoms with Gasteiger partial charge in [0.15, 0.2) is 0 Å². The lowest BCUT2D eigenvalue weighted by molar-refractivity contribution is -0.144. The third-order valence-corrected chi connectivity index (χ3v) is 5.59. The molecule has 122 valence electrons. The number of carbonyl (C=O) groups excluding carboxylic acids is 1. The largest absolute Gasteiger partial charge is 0.480 e. The van der Waals surface area contributed by atoms with Gasteiger partial charge in [0.2, 0.25) is 15.9 Å². The molecule has 2 N–H and O–H groups in total. The van der Waals surface area contributed by atoms with Gasteiger partial charge >= 0.3 is 5.97 Å². The van der Waals surface area contributed by atoms with Crippen LogP contribution in [0.15, 0.2) is 0 Å². The Balaban J connectivity index is 2.72. The fourth-order valence-electron chi connectivity index (χ4n) is 2.38. The minimum absolute atomic E-state index is 0.00504. The van der Waals surface area contributed by atoms with Gasteiger partial charge in [0.05, 0.1) is 11.7 Å². The van der Waals surface area contributed by atoms with E-state index in [1.807, 2.05) is 0 Å². The van der Waals surface area contributed by atoms with Crippen LogP contribution in [0.5, 0.6) is 0 Å². The molecular formula is C13H24N2O5S. The summed E-state index contributed by atoms with van der Waals surface area (Å²) in [6.45, 7) is 5.55. The summed E-state index contributed by atoms with van der Waals surface area (Å²) >= 11 is 0. The number of aliphatic carboxylic acids is 1. The zero-order chi connectivity index (χ0) is 16.2. The summed E-state index contributed by atoms with van der Waals surface area (Å²) in [5, 5.41) is 11.6. The quantitative estimate of drug-likeness (QED) is 0.731. The number of rotatable bonds is 6. The highest BCUT2D eigenvalue weighted by molar-refractivity contribution is 7.89. The Morgan fingerprint density at radius 3 is 2.48 bits per heavy atom. The van der Waals surface area contributed by atoms with Gasteiger partial charge in [-0.25, -0.2) is 17.5 Å². The third-order valence-electron chi connectivity index (χ3n) is 3.74. The van der Waals surface area contributed by atoms with Crippen molar-refractivity contribution >= 4 is 21.9 Å². The number of hydrogen-bond donors (Lipinski definition) is 2.